The van der Waals surface area contributed by atoms with Crippen molar-refractivity contribution in [2.24, 2.45) is 0 Å². The standard InChI is InChI=1S/C27H32N2O4S/c1-19-9-6-7-12-25(19)33-18-22(4)28-27(30)24-15-13-23(14-16-24)17-29(34(5,31)32)26-20(2)10-8-11-21(26)3/h6-16,22H,17-18H2,1-5H3,(H,28,30)/t22-/m1/s1. The van der Waals surface area contributed by atoms with Gasteiger partial charge in [-0.2, -0.15) is 0 Å². The van der Waals surface area contributed by atoms with Gasteiger partial charge in [0.05, 0.1) is 24.5 Å². The van der Waals surface area contributed by atoms with Crippen LogP contribution in [0.3, 0.4) is 0 Å². The van der Waals surface area contributed by atoms with Crippen LogP contribution >= 0.6 is 0 Å². The monoisotopic (exact) mass is 480 g/mol. The molecule has 6 nitrogen and oxygen atoms in total. The molecule has 0 saturated carbocycles. The number of aryl methyl sites for hydroxylation is 3. The van der Waals surface area contributed by atoms with Gasteiger partial charge in [0.15, 0.2) is 0 Å². The number of nitrogens with zero attached hydrogens (tertiary/aromatic N) is 1. The van der Waals surface area contributed by atoms with Gasteiger partial charge in [-0.1, -0.05) is 48.5 Å². The molecular formula is C27H32N2O4S. The smallest absolute Gasteiger partial charge is 0.251 e. The van der Waals surface area contributed by atoms with E-state index in [0.717, 1.165) is 28.0 Å². The predicted molar refractivity (Wildman–Crippen MR) is 137 cm³/mol. The van der Waals surface area contributed by atoms with Crippen molar-refractivity contribution in [2.45, 2.75) is 40.3 Å². The zero-order chi connectivity index (χ0) is 24.9. The van der Waals surface area contributed by atoms with Crippen LogP contribution in [0.5, 0.6) is 5.75 Å². The van der Waals surface area contributed by atoms with Crippen molar-refractivity contribution in [2.75, 3.05) is 17.2 Å². The molecule has 180 valence electrons. The summed E-state index contributed by atoms with van der Waals surface area (Å²) in [7, 11) is -3.50. The number of benzene rings is 3. The zero-order valence-electron chi connectivity index (χ0n) is 20.3. The summed E-state index contributed by atoms with van der Waals surface area (Å²) in [6.45, 7) is 8.21. The first kappa shape index (κ1) is 25.3. The van der Waals surface area contributed by atoms with Gasteiger partial charge in [-0.25, -0.2) is 8.42 Å². The molecule has 1 amide bonds. The summed E-state index contributed by atoms with van der Waals surface area (Å²) in [5.41, 5.74) is 4.81. The summed E-state index contributed by atoms with van der Waals surface area (Å²) in [5.74, 6) is 0.592. The van der Waals surface area contributed by atoms with Crippen LogP contribution in [0.2, 0.25) is 0 Å². The topological polar surface area (TPSA) is 75.7 Å². The maximum atomic E-state index is 12.7. The first-order chi connectivity index (χ1) is 16.1. The van der Waals surface area contributed by atoms with E-state index in [4.69, 9.17) is 4.74 Å². The molecule has 0 aromatic heterocycles. The number of para-hydroxylation sites is 2. The average Bonchev–Trinajstić information content (AvgIpc) is 2.77. The van der Waals surface area contributed by atoms with Gasteiger partial charge in [0.1, 0.15) is 12.4 Å². The molecule has 0 bridgehead atoms. The van der Waals surface area contributed by atoms with Gasteiger partial charge < -0.3 is 10.1 Å². The lowest BCUT2D eigenvalue weighted by Gasteiger charge is -2.26. The number of hydrogen-bond donors (Lipinski definition) is 1. The Labute approximate surface area is 202 Å². The van der Waals surface area contributed by atoms with Crippen LogP contribution in [0, 0.1) is 20.8 Å². The minimum atomic E-state index is -3.50. The average molecular weight is 481 g/mol. The molecule has 0 radical (unpaired) electrons. The third-order valence-corrected chi connectivity index (χ3v) is 6.70. The lowest BCUT2D eigenvalue weighted by atomic mass is 10.1. The van der Waals surface area contributed by atoms with Crippen molar-refractivity contribution in [1.82, 2.24) is 5.32 Å². The quantitative estimate of drug-likeness (QED) is 0.478. The lowest BCUT2D eigenvalue weighted by molar-refractivity contribution is 0.0926. The summed E-state index contributed by atoms with van der Waals surface area (Å²) < 4.78 is 32.4. The molecule has 0 unspecified atom stereocenters. The summed E-state index contributed by atoms with van der Waals surface area (Å²) in [5, 5.41) is 2.94. The van der Waals surface area contributed by atoms with Gasteiger partial charge in [-0.05, 0) is 68.1 Å². The molecule has 3 aromatic rings. The largest absolute Gasteiger partial charge is 0.491 e. The molecular weight excluding hydrogens is 448 g/mol. The fourth-order valence-electron chi connectivity index (χ4n) is 3.77. The van der Waals surface area contributed by atoms with E-state index in [1.54, 1.807) is 24.3 Å². The number of sulfonamides is 1. The molecule has 0 fully saturated rings. The summed E-state index contributed by atoms with van der Waals surface area (Å²) >= 11 is 0. The highest BCUT2D eigenvalue weighted by Crippen LogP contribution is 2.28. The second-order valence-corrected chi connectivity index (χ2v) is 10.6. The van der Waals surface area contributed by atoms with Crippen molar-refractivity contribution in [3.63, 3.8) is 0 Å². The van der Waals surface area contributed by atoms with Gasteiger partial charge in [-0.15, -0.1) is 0 Å². The molecule has 0 aliphatic carbocycles. The predicted octanol–water partition coefficient (Wildman–Crippen LogP) is 4.78. The van der Waals surface area contributed by atoms with E-state index in [9.17, 15) is 13.2 Å². The Bertz CT molecular complexity index is 1230. The van der Waals surface area contributed by atoms with E-state index in [1.165, 1.54) is 10.6 Å². The van der Waals surface area contributed by atoms with Crippen molar-refractivity contribution in [1.29, 1.82) is 0 Å². The Balaban J connectivity index is 1.66. The number of rotatable bonds is 9. The molecule has 34 heavy (non-hydrogen) atoms. The van der Waals surface area contributed by atoms with E-state index >= 15 is 0 Å². The van der Waals surface area contributed by atoms with Crippen LogP contribution < -0.4 is 14.4 Å². The van der Waals surface area contributed by atoms with Gasteiger partial charge in [0, 0.05) is 5.56 Å². The minimum Gasteiger partial charge on any atom is -0.491 e. The summed E-state index contributed by atoms with van der Waals surface area (Å²) in [4.78, 5) is 12.7. The molecule has 3 aromatic carbocycles. The van der Waals surface area contributed by atoms with Crippen LogP contribution in [-0.4, -0.2) is 33.2 Å². The molecule has 0 saturated heterocycles. The van der Waals surface area contributed by atoms with Crippen LogP contribution in [0.25, 0.3) is 0 Å². The molecule has 1 atom stereocenters. The Hall–Kier alpha value is -3.32. The van der Waals surface area contributed by atoms with Gasteiger partial charge in [-0.3, -0.25) is 9.10 Å². The molecule has 7 heteroatoms. The Morgan fingerprint density at radius 3 is 2.09 bits per heavy atom. The van der Waals surface area contributed by atoms with Crippen LogP contribution in [0.1, 0.15) is 39.5 Å². The van der Waals surface area contributed by atoms with E-state index in [1.807, 2.05) is 70.2 Å². The number of anilines is 1. The fourth-order valence-corrected chi connectivity index (χ4v) is 4.77. The number of amides is 1. The molecule has 1 N–H and O–H groups in total. The molecule has 0 spiro atoms. The van der Waals surface area contributed by atoms with Gasteiger partial charge in [0.2, 0.25) is 10.0 Å². The van der Waals surface area contributed by atoms with Crippen molar-refractivity contribution in [3.8, 4) is 5.75 Å². The highest BCUT2D eigenvalue weighted by atomic mass is 32.2. The van der Waals surface area contributed by atoms with Crippen molar-refractivity contribution in [3.05, 3.63) is 94.5 Å². The third kappa shape index (κ3) is 6.38. The van der Waals surface area contributed by atoms with Crippen molar-refractivity contribution < 1.29 is 17.9 Å². The zero-order valence-corrected chi connectivity index (χ0v) is 21.1. The van der Waals surface area contributed by atoms with Gasteiger partial charge >= 0.3 is 0 Å². The molecule has 0 aliphatic rings. The number of ether oxygens (including phenoxy) is 1. The first-order valence-electron chi connectivity index (χ1n) is 11.2. The second-order valence-electron chi connectivity index (χ2n) is 8.66. The number of carbonyl (C=O) groups is 1. The highest BCUT2D eigenvalue weighted by molar-refractivity contribution is 7.92. The van der Waals surface area contributed by atoms with Crippen LogP contribution in [0.15, 0.2) is 66.7 Å². The molecule has 0 heterocycles. The van der Waals surface area contributed by atoms with Crippen LogP contribution in [-0.2, 0) is 16.6 Å². The van der Waals surface area contributed by atoms with E-state index in [2.05, 4.69) is 5.32 Å². The van der Waals surface area contributed by atoms with E-state index in [0.29, 0.717) is 17.9 Å². The van der Waals surface area contributed by atoms with Crippen LogP contribution in [0.4, 0.5) is 5.69 Å². The molecule has 0 aliphatic heterocycles. The Morgan fingerprint density at radius 1 is 0.912 bits per heavy atom. The number of hydrogen-bond acceptors (Lipinski definition) is 4. The Kier molecular flexibility index (Phi) is 7.99. The van der Waals surface area contributed by atoms with E-state index < -0.39 is 10.0 Å². The maximum absolute atomic E-state index is 12.7. The normalized spacial score (nSPS) is 12.1. The molecule has 3 rings (SSSR count). The van der Waals surface area contributed by atoms with Crippen molar-refractivity contribution >= 4 is 21.6 Å². The number of carbonyl (C=O) groups excluding carboxylic acids is 1. The number of nitrogens with one attached hydrogen (secondary N) is 1. The summed E-state index contributed by atoms with van der Waals surface area (Å²) in [6.07, 6.45) is 1.21. The SMILES string of the molecule is Cc1ccccc1OC[C@@H](C)NC(=O)c1ccc(CN(c2c(C)cccc2C)S(C)(=O)=O)cc1. The fraction of sp³-hybridized carbons (Fsp3) is 0.296. The highest BCUT2D eigenvalue weighted by Gasteiger charge is 2.21. The lowest BCUT2D eigenvalue weighted by Crippen LogP contribution is -2.36. The third-order valence-electron chi connectivity index (χ3n) is 5.59. The summed E-state index contributed by atoms with van der Waals surface area (Å²) in [6, 6.07) is 20.3. The maximum Gasteiger partial charge on any atom is 0.251 e. The van der Waals surface area contributed by atoms with Gasteiger partial charge in [0.25, 0.3) is 5.91 Å². The Morgan fingerprint density at radius 2 is 1.50 bits per heavy atom. The first-order valence-corrected chi connectivity index (χ1v) is 13.0. The second kappa shape index (κ2) is 10.7. The van der Waals surface area contributed by atoms with E-state index in [-0.39, 0.29) is 18.5 Å². The minimum absolute atomic E-state index is 0.184.